The zero-order chi connectivity index (χ0) is 9.97. The van der Waals surface area contributed by atoms with Crippen molar-refractivity contribution in [3.63, 3.8) is 0 Å². The summed E-state index contributed by atoms with van der Waals surface area (Å²) in [5.74, 6) is 0. The SMILES string of the molecule is C[C@@H]1C[C@@H](c2ccccc2)NC(=O)O1. The zero-order valence-electron chi connectivity index (χ0n) is 8.07. The van der Waals surface area contributed by atoms with Gasteiger partial charge in [-0.3, -0.25) is 0 Å². The van der Waals surface area contributed by atoms with Gasteiger partial charge >= 0.3 is 6.09 Å². The third kappa shape index (κ3) is 1.87. The predicted molar refractivity (Wildman–Crippen MR) is 52.9 cm³/mol. The maximum absolute atomic E-state index is 11.1. The van der Waals surface area contributed by atoms with Gasteiger partial charge in [0.05, 0.1) is 6.04 Å². The molecule has 74 valence electrons. The molecule has 0 spiro atoms. The third-order valence-corrected chi connectivity index (χ3v) is 2.37. The molecule has 1 heterocycles. The summed E-state index contributed by atoms with van der Waals surface area (Å²) in [7, 11) is 0. The smallest absolute Gasteiger partial charge is 0.407 e. The van der Waals surface area contributed by atoms with Gasteiger partial charge in [0, 0.05) is 6.42 Å². The number of alkyl carbamates (subject to hydrolysis) is 1. The minimum atomic E-state index is -0.322. The van der Waals surface area contributed by atoms with Crippen LogP contribution in [0.5, 0.6) is 0 Å². The first kappa shape index (κ1) is 9.06. The fourth-order valence-electron chi connectivity index (χ4n) is 1.70. The Bertz CT molecular complexity index is 323. The number of hydrogen-bond donors (Lipinski definition) is 1. The van der Waals surface area contributed by atoms with Gasteiger partial charge in [-0.2, -0.15) is 0 Å². The van der Waals surface area contributed by atoms with E-state index in [1.54, 1.807) is 0 Å². The zero-order valence-corrected chi connectivity index (χ0v) is 8.07. The molecular formula is C11H13NO2. The van der Waals surface area contributed by atoms with E-state index in [9.17, 15) is 4.79 Å². The second-order valence-corrected chi connectivity index (χ2v) is 3.56. The average Bonchev–Trinajstić information content (AvgIpc) is 2.18. The van der Waals surface area contributed by atoms with Gasteiger partial charge in [0.25, 0.3) is 0 Å². The number of ether oxygens (including phenoxy) is 1. The number of amides is 1. The minimum Gasteiger partial charge on any atom is -0.446 e. The topological polar surface area (TPSA) is 38.3 Å². The Morgan fingerprint density at radius 2 is 2.07 bits per heavy atom. The number of carbonyl (C=O) groups is 1. The average molecular weight is 191 g/mol. The van der Waals surface area contributed by atoms with Crippen LogP contribution in [0.3, 0.4) is 0 Å². The van der Waals surface area contributed by atoms with Crippen LogP contribution >= 0.6 is 0 Å². The molecule has 1 saturated heterocycles. The Morgan fingerprint density at radius 3 is 2.71 bits per heavy atom. The van der Waals surface area contributed by atoms with Crippen molar-refractivity contribution in [3.8, 4) is 0 Å². The number of hydrogen-bond acceptors (Lipinski definition) is 2. The highest BCUT2D eigenvalue weighted by Gasteiger charge is 2.25. The first-order valence-electron chi connectivity index (χ1n) is 4.78. The molecule has 0 unspecified atom stereocenters. The van der Waals surface area contributed by atoms with Gasteiger partial charge in [-0.25, -0.2) is 4.79 Å². The third-order valence-electron chi connectivity index (χ3n) is 2.37. The van der Waals surface area contributed by atoms with Crippen LogP contribution in [0.15, 0.2) is 30.3 Å². The first-order valence-corrected chi connectivity index (χ1v) is 4.78. The minimum absolute atomic E-state index is 0.00560. The van der Waals surface area contributed by atoms with Crippen molar-refractivity contribution in [2.24, 2.45) is 0 Å². The van der Waals surface area contributed by atoms with Crippen molar-refractivity contribution in [2.45, 2.75) is 25.5 Å². The van der Waals surface area contributed by atoms with E-state index in [1.807, 2.05) is 37.3 Å². The normalized spacial score (nSPS) is 26.5. The molecule has 0 radical (unpaired) electrons. The van der Waals surface area contributed by atoms with Crippen LogP contribution in [0.1, 0.15) is 24.9 Å². The van der Waals surface area contributed by atoms with E-state index in [2.05, 4.69) is 5.32 Å². The van der Waals surface area contributed by atoms with Crippen molar-refractivity contribution >= 4 is 6.09 Å². The van der Waals surface area contributed by atoms with Crippen molar-refractivity contribution in [1.29, 1.82) is 0 Å². The quantitative estimate of drug-likeness (QED) is 0.739. The summed E-state index contributed by atoms with van der Waals surface area (Å²) >= 11 is 0. The molecule has 1 N–H and O–H groups in total. The summed E-state index contributed by atoms with van der Waals surface area (Å²) in [5, 5.41) is 2.80. The number of carbonyl (C=O) groups excluding carboxylic acids is 1. The van der Waals surface area contributed by atoms with Crippen molar-refractivity contribution in [3.05, 3.63) is 35.9 Å². The summed E-state index contributed by atoms with van der Waals surface area (Å²) in [6.45, 7) is 1.91. The highest BCUT2D eigenvalue weighted by molar-refractivity contribution is 5.69. The summed E-state index contributed by atoms with van der Waals surface area (Å²) in [4.78, 5) is 11.1. The molecule has 0 saturated carbocycles. The van der Waals surface area contributed by atoms with Crippen molar-refractivity contribution in [2.75, 3.05) is 0 Å². The standard InChI is InChI=1S/C11H13NO2/c1-8-7-10(12-11(13)14-8)9-5-3-2-4-6-9/h2-6,8,10H,7H2,1H3,(H,12,13)/t8-,10+/m1/s1. The van der Waals surface area contributed by atoms with Gasteiger partial charge in [0.2, 0.25) is 0 Å². The molecule has 1 aromatic rings. The summed E-state index contributed by atoms with van der Waals surface area (Å²) in [6.07, 6.45) is 0.502. The molecule has 1 aliphatic heterocycles. The maximum atomic E-state index is 11.1. The van der Waals surface area contributed by atoms with Crippen molar-refractivity contribution in [1.82, 2.24) is 5.32 Å². The fourth-order valence-corrected chi connectivity index (χ4v) is 1.70. The lowest BCUT2D eigenvalue weighted by atomic mass is 10.0. The fraction of sp³-hybridized carbons (Fsp3) is 0.364. The van der Waals surface area contributed by atoms with E-state index < -0.39 is 0 Å². The van der Waals surface area contributed by atoms with Gasteiger partial charge < -0.3 is 10.1 Å². The number of benzene rings is 1. The van der Waals surface area contributed by atoms with Crippen LogP contribution in [-0.4, -0.2) is 12.2 Å². The number of cyclic esters (lactones) is 1. The lowest BCUT2D eigenvalue weighted by Gasteiger charge is -2.28. The first-order chi connectivity index (χ1) is 6.75. The van der Waals surface area contributed by atoms with E-state index >= 15 is 0 Å². The Kier molecular flexibility index (Phi) is 2.39. The predicted octanol–water partition coefficient (Wildman–Crippen LogP) is 2.25. The van der Waals surface area contributed by atoms with Crippen LogP contribution in [0.25, 0.3) is 0 Å². The van der Waals surface area contributed by atoms with Crippen LogP contribution < -0.4 is 5.32 Å². The lowest BCUT2D eigenvalue weighted by molar-refractivity contribution is 0.0685. The monoisotopic (exact) mass is 191 g/mol. The number of rotatable bonds is 1. The summed E-state index contributed by atoms with van der Waals surface area (Å²) in [6, 6.07) is 10.0. The maximum Gasteiger partial charge on any atom is 0.407 e. The van der Waals surface area contributed by atoms with Crippen LogP contribution in [0.4, 0.5) is 4.79 Å². The van der Waals surface area contributed by atoms with Crippen LogP contribution in [0.2, 0.25) is 0 Å². The second kappa shape index (κ2) is 3.70. The Balaban J connectivity index is 2.15. The highest BCUT2D eigenvalue weighted by Crippen LogP contribution is 2.23. The Labute approximate surface area is 83.1 Å². The van der Waals surface area contributed by atoms with Gasteiger partial charge in [-0.05, 0) is 12.5 Å². The Hall–Kier alpha value is -1.51. The Morgan fingerprint density at radius 1 is 1.36 bits per heavy atom. The molecule has 1 aliphatic rings. The molecule has 1 fully saturated rings. The van der Waals surface area contributed by atoms with Crippen LogP contribution in [0, 0.1) is 0 Å². The summed E-state index contributed by atoms with van der Waals surface area (Å²) in [5.41, 5.74) is 1.14. The molecular weight excluding hydrogens is 178 g/mol. The van der Waals surface area contributed by atoms with Gasteiger partial charge in [0.1, 0.15) is 6.10 Å². The van der Waals surface area contributed by atoms with Gasteiger partial charge in [-0.15, -0.1) is 0 Å². The summed E-state index contributed by atoms with van der Waals surface area (Å²) < 4.78 is 4.99. The molecule has 2 atom stereocenters. The molecule has 1 aromatic carbocycles. The van der Waals surface area contributed by atoms with Gasteiger partial charge in [-0.1, -0.05) is 30.3 Å². The number of nitrogens with one attached hydrogen (secondary N) is 1. The van der Waals surface area contributed by atoms with E-state index in [0.29, 0.717) is 0 Å². The highest BCUT2D eigenvalue weighted by atomic mass is 16.6. The molecule has 3 heteroatoms. The molecule has 1 amide bonds. The molecule has 3 nitrogen and oxygen atoms in total. The molecule has 2 rings (SSSR count). The van der Waals surface area contributed by atoms with Gasteiger partial charge in [0.15, 0.2) is 0 Å². The van der Waals surface area contributed by atoms with Crippen molar-refractivity contribution < 1.29 is 9.53 Å². The molecule has 14 heavy (non-hydrogen) atoms. The van der Waals surface area contributed by atoms with E-state index in [4.69, 9.17) is 4.74 Å². The largest absolute Gasteiger partial charge is 0.446 e. The van der Waals surface area contributed by atoms with E-state index in [0.717, 1.165) is 12.0 Å². The molecule has 0 aromatic heterocycles. The molecule has 0 aliphatic carbocycles. The van der Waals surface area contributed by atoms with E-state index in [-0.39, 0.29) is 18.2 Å². The van der Waals surface area contributed by atoms with Crippen LogP contribution in [-0.2, 0) is 4.74 Å². The lowest BCUT2D eigenvalue weighted by Crippen LogP contribution is -2.39. The molecule has 0 bridgehead atoms. The second-order valence-electron chi connectivity index (χ2n) is 3.56. The van der Waals surface area contributed by atoms with E-state index in [1.165, 1.54) is 0 Å².